The molecule has 7 rings (SSSR count). The van der Waals surface area contributed by atoms with E-state index in [1.54, 1.807) is 24.3 Å². The fourth-order valence-electron chi connectivity index (χ4n) is 6.44. The van der Waals surface area contributed by atoms with Gasteiger partial charge in [-0.1, -0.05) is 28.6 Å². The van der Waals surface area contributed by atoms with Crippen LogP contribution >= 0.6 is 11.3 Å². The smallest absolute Gasteiger partial charge is 0.481 e. The summed E-state index contributed by atoms with van der Waals surface area (Å²) in [5, 5.41) is 16.5. The predicted molar refractivity (Wildman–Crippen MR) is 158 cm³/mol. The lowest BCUT2D eigenvalue weighted by atomic mass is 10.00. The number of piperidine rings is 1. The van der Waals surface area contributed by atoms with E-state index in [-0.39, 0.29) is 42.0 Å². The van der Waals surface area contributed by atoms with Crippen LogP contribution in [-0.4, -0.2) is 51.7 Å². The Hall–Kier alpha value is -4.17. The monoisotopic (exact) mass is 642 g/mol. The number of nitrogens with zero attached hydrogens (tertiary/aromatic N) is 3. The zero-order valence-corrected chi connectivity index (χ0v) is 24.7. The lowest BCUT2D eigenvalue weighted by molar-refractivity contribution is -0.274. The van der Waals surface area contributed by atoms with Gasteiger partial charge in [0.25, 0.3) is 0 Å². The number of hydrogen-bond acceptors (Lipinski definition) is 9. The highest BCUT2D eigenvalue weighted by molar-refractivity contribution is 7.22. The molecule has 0 radical (unpaired) electrons. The topological polar surface area (TPSA) is 127 Å². The largest absolute Gasteiger partial charge is 0.573 e. The van der Waals surface area contributed by atoms with E-state index in [0.717, 1.165) is 53.9 Å². The zero-order chi connectivity index (χ0) is 31.3. The Morgan fingerprint density at radius 1 is 1.09 bits per heavy atom. The number of ether oxygens (including phenoxy) is 2. The second-order valence-electron chi connectivity index (χ2n) is 11.7. The first-order chi connectivity index (χ1) is 21.6. The summed E-state index contributed by atoms with van der Waals surface area (Å²) in [4.78, 5) is 29.9. The number of fused-ring (bicyclic) bond motifs is 3. The van der Waals surface area contributed by atoms with Crippen molar-refractivity contribution in [2.24, 2.45) is 0 Å². The zero-order valence-electron chi connectivity index (χ0n) is 23.9. The van der Waals surface area contributed by atoms with Gasteiger partial charge in [-0.15, -0.1) is 13.2 Å². The average Bonchev–Trinajstić information content (AvgIpc) is 3.50. The predicted octanol–water partition coefficient (Wildman–Crippen LogP) is 6.86. The molecular formula is C31H29F3N4O6S. The van der Waals surface area contributed by atoms with E-state index in [9.17, 15) is 22.8 Å². The number of anilines is 2. The molecule has 1 saturated carbocycles. The maximum Gasteiger partial charge on any atom is 0.573 e. The minimum absolute atomic E-state index is 0.0550. The molecule has 2 aromatic carbocycles. The summed E-state index contributed by atoms with van der Waals surface area (Å²) in [6.45, 7) is 0.173. The number of para-hydroxylation sites is 1. The molecule has 0 spiro atoms. The molecule has 3 aliphatic rings. The fourth-order valence-corrected chi connectivity index (χ4v) is 7.58. The average molecular weight is 643 g/mol. The van der Waals surface area contributed by atoms with Crippen LogP contribution in [0.4, 0.5) is 24.0 Å². The molecule has 10 nitrogen and oxygen atoms in total. The SMILES string of the molecule is O=C(O)CC(=O)Nc1ccc2nc(N3C4CCC3CC(OCc3c(-c5ccccc5OC(F)(F)F)noc3C3CC3)C4)sc2c1. The highest BCUT2D eigenvalue weighted by atomic mass is 32.1. The van der Waals surface area contributed by atoms with Gasteiger partial charge in [0.2, 0.25) is 5.91 Å². The van der Waals surface area contributed by atoms with E-state index in [1.807, 2.05) is 6.07 Å². The maximum absolute atomic E-state index is 13.1. The molecule has 2 atom stereocenters. The molecule has 1 amide bonds. The van der Waals surface area contributed by atoms with Crippen LogP contribution in [0.1, 0.15) is 62.2 Å². The Kier molecular flexibility index (Phi) is 7.64. The van der Waals surface area contributed by atoms with Crippen LogP contribution in [0, 0.1) is 0 Å². The quantitative estimate of drug-likeness (QED) is 0.178. The first-order valence-corrected chi connectivity index (χ1v) is 15.6. The highest BCUT2D eigenvalue weighted by Gasteiger charge is 2.43. The van der Waals surface area contributed by atoms with Crippen LogP contribution in [0.3, 0.4) is 0 Å². The number of rotatable bonds is 10. The third kappa shape index (κ3) is 6.34. The van der Waals surface area contributed by atoms with Crippen molar-refractivity contribution in [3.05, 3.63) is 53.8 Å². The third-order valence-electron chi connectivity index (χ3n) is 8.48. The van der Waals surface area contributed by atoms with Gasteiger partial charge in [-0.2, -0.15) is 0 Å². The van der Waals surface area contributed by atoms with Gasteiger partial charge in [0.15, 0.2) is 5.13 Å². The Morgan fingerprint density at radius 3 is 2.56 bits per heavy atom. The highest BCUT2D eigenvalue weighted by Crippen LogP contribution is 2.47. The van der Waals surface area contributed by atoms with Crippen molar-refractivity contribution in [1.82, 2.24) is 10.1 Å². The van der Waals surface area contributed by atoms with Gasteiger partial charge in [0, 0.05) is 34.8 Å². The molecule has 2 unspecified atom stereocenters. The van der Waals surface area contributed by atoms with Crippen molar-refractivity contribution in [2.75, 3.05) is 10.2 Å². The number of carboxylic acid groups (broad SMARTS) is 1. The molecule has 2 bridgehead atoms. The van der Waals surface area contributed by atoms with Gasteiger partial charge in [-0.3, -0.25) is 9.59 Å². The Morgan fingerprint density at radius 2 is 1.84 bits per heavy atom. The van der Waals surface area contributed by atoms with Crippen LogP contribution in [0.15, 0.2) is 47.0 Å². The number of alkyl halides is 3. The van der Waals surface area contributed by atoms with Gasteiger partial charge in [-0.25, -0.2) is 4.98 Å². The van der Waals surface area contributed by atoms with Crippen LogP contribution in [-0.2, 0) is 20.9 Å². The van der Waals surface area contributed by atoms with E-state index in [0.29, 0.717) is 22.7 Å². The maximum atomic E-state index is 13.1. The molecule has 14 heteroatoms. The van der Waals surface area contributed by atoms with E-state index < -0.39 is 24.7 Å². The fraction of sp³-hybridized carbons (Fsp3) is 0.419. The van der Waals surface area contributed by atoms with Crippen molar-refractivity contribution < 1.29 is 41.9 Å². The van der Waals surface area contributed by atoms with Gasteiger partial charge < -0.3 is 29.3 Å². The molecule has 4 aromatic rings. The third-order valence-corrected chi connectivity index (χ3v) is 9.51. The number of hydrogen-bond donors (Lipinski definition) is 2. The van der Waals surface area contributed by atoms with Gasteiger partial charge in [0.1, 0.15) is 23.6 Å². The van der Waals surface area contributed by atoms with E-state index >= 15 is 0 Å². The summed E-state index contributed by atoms with van der Waals surface area (Å²) in [6, 6.07) is 11.7. The number of carbonyl (C=O) groups excluding carboxylic acids is 1. The molecule has 2 N–H and O–H groups in total. The minimum atomic E-state index is -4.84. The van der Waals surface area contributed by atoms with Crippen LogP contribution in [0.5, 0.6) is 5.75 Å². The minimum Gasteiger partial charge on any atom is -0.481 e. The number of amides is 1. The van der Waals surface area contributed by atoms with Crippen LogP contribution < -0.4 is 15.0 Å². The van der Waals surface area contributed by atoms with Crippen molar-refractivity contribution in [3.63, 3.8) is 0 Å². The van der Waals surface area contributed by atoms with Crippen LogP contribution in [0.25, 0.3) is 21.5 Å². The second-order valence-corrected chi connectivity index (χ2v) is 12.7. The van der Waals surface area contributed by atoms with Crippen molar-refractivity contribution in [3.8, 4) is 17.0 Å². The number of halogens is 3. The lowest BCUT2D eigenvalue weighted by Gasteiger charge is -2.38. The molecule has 45 heavy (non-hydrogen) atoms. The first kappa shape index (κ1) is 29.5. The summed E-state index contributed by atoms with van der Waals surface area (Å²) in [5.41, 5.74) is 2.50. The van der Waals surface area contributed by atoms with Crippen molar-refractivity contribution in [2.45, 2.75) is 82.0 Å². The Bertz CT molecular complexity index is 1740. The van der Waals surface area contributed by atoms with Crippen molar-refractivity contribution >= 4 is 44.2 Å². The first-order valence-electron chi connectivity index (χ1n) is 14.8. The summed E-state index contributed by atoms with van der Waals surface area (Å²) in [5.74, 6) is -1.27. The molecule has 1 aliphatic carbocycles. The molecule has 2 aromatic heterocycles. The second kappa shape index (κ2) is 11.6. The molecule has 4 heterocycles. The number of carbonyl (C=O) groups is 2. The number of aromatic nitrogens is 2. The molecule has 236 valence electrons. The number of carboxylic acids is 1. The Labute approximate surface area is 259 Å². The van der Waals surface area contributed by atoms with Crippen LogP contribution in [0.2, 0.25) is 0 Å². The number of thiazole rings is 1. The standard InChI is InChI=1S/C31H29F3N4O6S/c32-31(33,34)43-24-4-2-1-3-21(24)28-22(29(44-37-28)16-5-6-16)15-42-20-12-18-8-9-19(13-20)38(18)30-36-23-10-7-17(11-25(23)45-30)35-26(39)14-27(40)41/h1-4,7,10-11,16,18-20H,5-6,8-9,12-15H2,(H,35,39)(H,40,41). The van der Waals surface area contributed by atoms with E-state index in [4.69, 9.17) is 19.4 Å². The van der Waals surface area contributed by atoms with Gasteiger partial charge in [0.05, 0.1) is 22.9 Å². The summed E-state index contributed by atoms with van der Waals surface area (Å²) < 4.78 is 56.7. The van der Waals surface area contributed by atoms with E-state index in [2.05, 4.69) is 20.1 Å². The normalized spacial score (nSPS) is 21.3. The molecule has 2 aliphatic heterocycles. The molecule has 2 saturated heterocycles. The van der Waals surface area contributed by atoms with Crippen molar-refractivity contribution in [1.29, 1.82) is 0 Å². The van der Waals surface area contributed by atoms with Gasteiger partial charge >= 0.3 is 12.3 Å². The summed E-state index contributed by atoms with van der Waals surface area (Å²) in [6.07, 6.45) is -0.103. The number of benzene rings is 2. The summed E-state index contributed by atoms with van der Waals surface area (Å²) in [7, 11) is 0. The number of aliphatic carboxylic acids is 1. The lowest BCUT2D eigenvalue weighted by Crippen LogP contribution is -2.45. The summed E-state index contributed by atoms with van der Waals surface area (Å²) >= 11 is 1.53. The van der Waals surface area contributed by atoms with E-state index in [1.165, 1.54) is 23.5 Å². The van der Waals surface area contributed by atoms with Gasteiger partial charge in [-0.05, 0) is 68.9 Å². The Balaban J connectivity index is 1.06. The molecular weight excluding hydrogens is 613 g/mol. The molecule has 3 fully saturated rings. The number of nitrogens with one attached hydrogen (secondary N) is 1.